The Hall–Kier alpha value is -6.98. The number of aromatic hydroxyl groups is 2. The van der Waals surface area contributed by atoms with Gasteiger partial charge in [0.2, 0.25) is 5.95 Å². The van der Waals surface area contributed by atoms with E-state index < -0.39 is 93.0 Å². The van der Waals surface area contributed by atoms with Crippen LogP contribution in [0.1, 0.15) is 91.1 Å². The number of hydrogen-bond donors (Lipinski definition) is 7. The fourth-order valence-electron chi connectivity index (χ4n) is 10.4. The summed E-state index contributed by atoms with van der Waals surface area (Å²) in [5.74, 6) is -6.54. The van der Waals surface area contributed by atoms with Gasteiger partial charge in [-0.1, -0.05) is 59.8 Å². The molecule has 8 rings (SSSR count). The third-order valence-corrected chi connectivity index (χ3v) is 16.2. The summed E-state index contributed by atoms with van der Waals surface area (Å²) in [5, 5.41) is 50.5. The number of phenolic OH excluding ortho intramolecular Hbond substituents is 2. The minimum atomic E-state index is -3.66. The van der Waals surface area contributed by atoms with Crippen LogP contribution in [0.25, 0.3) is 10.8 Å². The number of hydrogen-bond acceptors (Lipinski definition) is 19. The number of anilines is 3. The average Bonchev–Trinajstić information content (AvgIpc) is 4.09. The molecule has 1 fully saturated rings. The van der Waals surface area contributed by atoms with Crippen LogP contribution in [0, 0.1) is 36.5 Å². The van der Waals surface area contributed by atoms with Crippen molar-refractivity contribution in [2.75, 3.05) is 42.5 Å². The molecule has 5 heterocycles. The van der Waals surface area contributed by atoms with Crippen molar-refractivity contribution in [3.05, 3.63) is 101 Å². The average molecular weight is 1100 g/mol. The van der Waals surface area contributed by atoms with Gasteiger partial charge in [0.1, 0.15) is 34.0 Å². The number of aromatic nitrogens is 2. The maximum Gasteiger partial charge on any atom is 0.312 e. The number of benzene rings is 3. The number of likely N-dealkylation sites (tertiary alicyclic amines) is 1. The predicted molar refractivity (Wildman–Crippen MR) is 291 cm³/mol. The van der Waals surface area contributed by atoms with E-state index in [1.807, 2.05) is 0 Å². The summed E-state index contributed by atoms with van der Waals surface area (Å²) in [6, 6.07) is 7.46. The van der Waals surface area contributed by atoms with E-state index in [2.05, 4.69) is 43.7 Å². The Labute approximate surface area is 454 Å². The monoisotopic (exact) mass is 1100 g/mol. The molecule has 1 saturated heterocycles. The van der Waals surface area contributed by atoms with Gasteiger partial charge in [-0.25, -0.2) is 28.1 Å². The molecule has 1 amide bonds. The van der Waals surface area contributed by atoms with Crippen LogP contribution in [0.5, 0.6) is 17.2 Å². The molecule has 21 nitrogen and oxygen atoms in total. The fourth-order valence-corrected chi connectivity index (χ4v) is 11.4. The number of nitrogens with one attached hydrogen (secondary N) is 2. The molecule has 0 aliphatic carbocycles. The number of rotatable bonds is 7. The zero-order chi connectivity index (χ0) is 57.2. The Morgan fingerprint density at radius 3 is 2.22 bits per heavy atom. The first-order valence-electron chi connectivity index (χ1n) is 26.0. The Morgan fingerprint density at radius 2 is 1.60 bits per heavy atom. The molecule has 1 aromatic heterocycles. The maximum absolute atomic E-state index is 14.7. The molecule has 3 aromatic carbocycles. The molecular formula is C56H72N8O13S. The number of methoxy groups -OCH3 is 1. The van der Waals surface area contributed by atoms with E-state index in [0.717, 1.165) is 19.6 Å². The van der Waals surface area contributed by atoms with Crippen LogP contribution >= 0.6 is 0 Å². The number of allylic oxidation sites excluding steroid dienone is 2. The SMILES string of the molecule is CO[C@H]1/C=C/O[C@@]2(C)Oc3c(C)c(O)c4c(O)c(c5c(c4c3C2=O)NC2(CCN(CC(C)C)CC2)N=5)=NC(=O)/C(C)=C\C=C\[C@H](C)[C@H](O)[C@@H](C)[C@@H](O)[C@@H](C)[C@H](OC(C)=O)[C@@H]1C.Nc1ccc(S(=O)(=O)Nc2ncccn2)cc1. The number of carbonyl (C=O) groups excluding carboxylic acids is 3. The molecular weight excluding hydrogens is 1020 g/mol. The van der Waals surface area contributed by atoms with Gasteiger partial charge in [0.15, 0.2) is 5.75 Å². The number of ether oxygens (including phenoxy) is 4. The normalized spacial score (nSPS) is 27.9. The Bertz CT molecular complexity index is 3250. The number of esters is 1. The molecule has 4 aliphatic heterocycles. The van der Waals surface area contributed by atoms with Gasteiger partial charge in [-0.3, -0.25) is 19.4 Å². The number of sulfonamides is 1. The number of ketones is 1. The van der Waals surface area contributed by atoms with E-state index in [1.54, 1.807) is 71.9 Å². The van der Waals surface area contributed by atoms with E-state index >= 15 is 0 Å². The number of fused-ring (bicyclic) bond motifs is 1. The van der Waals surface area contributed by atoms with E-state index in [1.165, 1.54) is 63.9 Å². The van der Waals surface area contributed by atoms with Crippen LogP contribution in [-0.2, 0) is 33.8 Å². The summed E-state index contributed by atoms with van der Waals surface area (Å²) >= 11 is 0. The molecule has 4 aliphatic rings. The van der Waals surface area contributed by atoms with Gasteiger partial charge in [-0.15, -0.1) is 0 Å². The molecule has 0 radical (unpaired) electrons. The molecule has 4 aromatic rings. The number of Topliss-reactive ketones (excluding diaryl/α,β-unsaturated/α-hetero) is 1. The third-order valence-electron chi connectivity index (χ3n) is 14.9. The minimum absolute atomic E-state index is 0.0318. The van der Waals surface area contributed by atoms with Crippen molar-refractivity contribution in [2.24, 2.45) is 39.6 Å². The summed E-state index contributed by atoms with van der Waals surface area (Å²) in [6.45, 7) is 19.6. The van der Waals surface area contributed by atoms with Crippen molar-refractivity contribution < 1.29 is 62.2 Å². The molecule has 4 bridgehead atoms. The lowest BCUT2D eigenvalue weighted by atomic mass is 9.78. The van der Waals surface area contributed by atoms with E-state index in [-0.39, 0.29) is 60.5 Å². The quantitative estimate of drug-likeness (QED) is 0.0672. The molecule has 8 N–H and O–H groups in total. The summed E-state index contributed by atoms with van der Waals surface area (Å²) in [5.41, 5.74) is 5.87. The number of piperidine rings is 1. The second kappa shape index (κ2) is 23.5. The maximum atomic E-state index is 14.7. The lowest BCUT2D eigenvalue weighted by molar-refractivity contribution is -0.160. The van der Waals surface area contributed by atoms with Gasteiger partial charge in [-0.05, 0) is 56.2 Å². The van der Waals surface area contributed by atoms with Gasteiger partial charge in [0.05, 0.1) is 46.1 Å². The molecule has 78 heavy (non-hydrogen) atoms. The van der Waals surface area contributed by atoms with Crippen LogP contribution in [0.2, 0.25) is 0 Å². The molecule has 22 heteroatoms. The minimum Gasteiger partial charge on any atom is -0.507 e. The number of phenols is 2. The zero-order valence-electron chi connectivity index (χ0n) is 45.8. The van der Waals surface area contributed by atoms with Gasteiger partial charge >= 0.3 is 11.8 Å². The highest BCUT2D eigenvalue weighted by molar-refractivity contribution is 7.92. The van der Waals surface area contributed by atoms with E-state index in [9.17, 15) is 43.2 Å². The zero-order valence-corrected chi connectivity index (χ0v) is 46.7. The number of amides is 1. The lowest BCUT2D eigenvalue weighted by Gasteiger charge is -2.38. The standard InChI is InChI=1S/C46H62N4O11.C10H10N4O2S/c1-22(2)21-50-18-16-46(17-19-50)48-34-31-32-39(54)28(8)42-33(31)43(56)45(10,61-42)59-20-15-30(58-11)25(5)41(60-29(9)51)27(7)38(53)26(6)37(52)23(3)13-12-14-24(4)44(57)47-36(40(32)55)35(34)49-46;11-8-2-4-9(5-3-8)17(15,16)14-10-12-6-1-7-13-10/h12-15,20,22-23,25-27,30,37-38,41,48,52-55H,16-19,21H2,1-11H3;1-7H,11H2,(H,12,13,14)/b13-12+,20-15+,24-14-,47-36?;/t23-,25+,26+,27+,30-,37-,38+,41+,45-;/m0./s1. The Morgan fingerprint density at radius 1 is 0.949 bits per heavy atom. The van der Waals surface area contributed by atoms with Gasteiger partial charge in [0, 0.05) is 112 Å². The lowest BCUT2D eigenvalue weighted by Crippen LogP contribution is -2.47. The number of aliphatic hydroxyl groups is 2. The van der Waals surface area contributed by atoms with Gasteiger partial charge in [0.25, 0.3) is 21.7 Å². The first kappa shape index (κ1) is 58.7. The number of nitrogens with two attached hydrogens (primary N) is 1. The second-order valence-corrected chi connectivity index (χ2v) is 22.9. The highest BCUT2D eigenvalue weighted by atomic mass is 32.2. The topological polar surface area (TPSA) is 307 Å². The largest absolute Gasteiger partial charge is 0.507 e. The van der Waals surface area contributed by atoms with Crippen molar-refractivity contribution in [1.82, 2.24) is 14.9 Å². The molecule has 420 valence electrons. The Kier molecular flexibility index (Phi) is 17.7. The summed E-state index contributed by atoms with van der Waals surface area (Å²) in [6.07, 6.45) is 7.98. The van der Waals surface area contributed by atoms with Crippen LogP contribution in [0.4, 0.5) is 17.3 Å². The van der Waals surface area contributed by atoms with Crippen molar-refractivity contribution in [2.45, 2.75) is 123 Å². The third kappa shape index (κ3) is 12.2. The molecule has 0 unspecified atom stereocenters. The van der Waals surface area contributed by atoms with E-state index in [0.29, 0.717) is 30.1 Å². The number of carbonyl (C=O) groups is 3. The van der Waals surface area contributed by atoms with Crippen molar-refractivity contribution in [3.63, 3.8) is 0 Å². The van der Waals surface area contributed by atoms with Crippen molar-refractivity contribution in [1.29, 1.82) is 0 Å². The highest BCUT2D eigenvalue weighted by Gasteiger charge is 2.51. The Balaban J connectivity index is 0.000000439. The summed E-state index contributed by atoms with van der Waals surface area (Å²) < 4.78 is 50.0. The number of nitrogens with zero attached hydrogens (tertiary/aromatic N) is 5. The summed E-state index contributed by atoms with van der Waals surface area (Å²) in [4.78, 5) is 60.6. The van der Waals surface area contributed by atoms with Gasteiger partial charge in [-0.2, -0.15) is 0 Å². The second-order valence-electron chi connectivity index (χ2n) is 21.2. The number of aliphatic hydroxyl groups excluding tert-OH is 2. The predicted octanol–water partition coefficient (Wildman–Crippen LogP) is 5.61. The smallest absolute Gasteiger partial charge is 0.312 e. The van der Waals surface area contributed by atoms with Crippen LogP contribution in [-0.4, -0.2) is 124 Å². The first-order valence-corrected chi connectivity index (χ1v) is 27.4. The van der Waals surface area contributed by atoms with Crippen LogP contribution in [0.3, 0.4) is 0 Å². The molecule has 9 atom stereocenters. The highest BCUT2D eigenvalue weighted by Crippen LogP contribution is 2.51. The first-order chi connectivity index (χ1) is 36.7. The molecule has 0 saturated carbocycles. The van der Waals surface area contributed by atoms with Crippen LogP contribution < -0.4 is 31.2 Å². The fraction of sp³-hybridized carbons (Fsp3) is 0.482. The van der Waals surface area contributed by atoms with Crippen LogP contribution in [0.15, 0.2) is 93.7 Å². The number of nitrogen functional groups attached to an aromatic ring is 1. The summed E-state index contributed by atoms with van der Waals surface area (Å²) in [7, 11) is -2.19. The van der Waals surface area contributed by atoms with E-state index in [4.69, 9.17) is 29.7 Å². The van der Waals surface area contributed by atoms with Crippen molar-refractivity contribution >= 4 is 55.8 Å². The van der Waals surface area contributed by atoms with Crippen molar-refractivity contribution in [3.8, 4) is 17.2 Å². The molecule has 1 spiro atoms. The van der Waals surface area contributed by atoms with Gasteiger partial charge < -0.3 is 55.3 Å².